The lowest BCUT2D eigenvalue weighted by Gasteiger charge is -2.40. The van der Waals surface area contributed by atoms with Crippen LogP contribution in [-0.2, 0) is 19.0 Å². The van der Waals surface area contributed by atoms with Crippen LogP contribution >= 0.6 is 0 Å². The first-order valence-electron chi connectivity index (χ1n) is 7.63. The summed E-state index contributed by atoms with van der Waals surface area (Å²) in [6.07, 6.45) is 1.47. The molecule has 1 atom stereocenters. The van der Waals surface area contributed by atoms with Gasteiger partial charge in [0.2, 0.25) is 0 Å². The molecule has 1 aliphatic rings. The molecule has 0 aromatic rings. The van der Waals surface area contributed by atoms with Gasteiger partial charge in [-0.15, -0.1) is 0 Å². The topological polar surface area (TPSA) is 85.4 Å². The molecule has 8 heteroatoms. The predicted molar refractivity (Wildman–Crippen MR) is 86.0 cm³/mol. The second-order valence-corrected chi connectivity index (χ2v) is 7.28. The Kier molecular flexibility index (Phi) is 5.86. The van der Waals surface area contributed by atoms with E-state index >= 15 is 0 Å². The Hall–Kier alpha value is -2.25. The fourth-order valence-corrected chi connectivity index (χ4v) is 1.91. The number of amides is 2. The lowest BCUT2D eigenvalue weighted by atomic mass is 10.2. The Morgan fingerprint density at radius 2 is 1.46 bits per heavy atom. The maximum absolute atomic E-state index is 12.5. The van der Waals surface area contributed by atoms with Gasteiger partial charge in [0.05, 0.1) is 13.7 Å². The van der Waals surface area contributed by atoms with Gasteiger partial charge in [-0.1, -0.05) is 12.2 Å². The molecule has 1 aliphatic heterocycles. The molecule has 0 unspecified atom stereocenters. The van der Waals surface area contributed by atoms with E-state index in [4.69, 9.17) is 14.2 Å². The van der Waals surface area contributed by atoms with Crippen LogP contribution in [0.25, 0.3) is 0 Å². The Labute approximate surface area is 142 Å². The van der Waals surface area contributed by atoms with E-state index in [1.54, 1.807) is 47.6 Å². The number of ether oxygens (including phenoxy) is 3. The molecule has 24 heavy (non-hydrogen) atoms. The molecule has 0 bridgehead atoms. The van der Waals surface area contributed by atoms with Crippen molar-refractivity contribution in [3.05, 3.63) is 12.2 Å². The molecule has 0 radical (unpaired) electrons. The maximum Gasteiger partial charge on any atom is 0.430 e. The number of carbonyl (C=O) groups is 3. The van der Waals surface area contributed by atoms with Crippen LogP contribution in [0.3, 0.4) is 0 Å². The number of hydrogen-bond acceptors (Lipinski definition) is 6. The third-order valence-electron chi connectivity index (χ3n) is 2.75. The summed E-state index contributed by atoms with van der Waals surface area (Å²) in [6.45, 7) is 10.3. The minimum Gasteiger partial charge on any atom is -0.467 e. The van der Waals surface area contributed by atoms with Gasteiger partial charge >= 0.3 is 18.2 Å². The van der Waals surface area contributed by atoms with Crippen LogP contribution in [0.1, 0.15) is 41.5 Å². The Morgan fingerprint density at radius 3 is 1.92 bits per heavy atom. The van der Waals surface area contributed by atoms with Gasteiger partial charge in [0.15, 0.2) is 6.04 Å². The molecule has 2 amide bonds. The predicted octanol–water partition coefficient (Wildman–Crippen LogP) is 2.49. The summed E-state index contributed by atoms with van der Waals surface area (Å²) in [7, 11) is 1.20. The minimum atomic E-state index is -1.11. The monoisotopic (exact) mass is 342 g/mol. The van der Waals surface area contributed by atoms with Gasteiger partial charge in [0.25, 0.3) is 0 Å². The fraction of sp³-hybridized carbons (Fsp3) is 0.688. The maximum atomic E-state index is 12.5. The third kappa shape index (κ3) is 5.43. The molecule has 0 spiro atoms. The Balaban J connectivity index is 3.15. The molecular weight excluding hydrogens is 316 g/mol. The molecular formula is C16H26N2O6. The summed E-state index contributed by atoms with van der Waals surface area (Å²) in [6, 6.07) is -1.11. The molecule has 0 aromatic heterocycles. The second kappa shape index (κ2) is 7.11. The van der Waals surface area contributed by atoms with Gasteiger partial charge in [-0.3, -0.25) is 0 Å². The van der Waals surface area contributed by atoms with Crippen LogP contribution in [0.2, 0.25) is 0 Å². The second-order valence-electron chi connectivity index (χ2n) is 7.28. The minimum absolute atomic E-state index is 0.0711. The molecule has 0 fully saturated rings. The van der Waals surface area contributed by atoms with E-state index in [0.29, 0.717) is 0 Å². The zero-order chi connectivity index (χ0) is 18.7. The summed E-state index contributed by atoms with van der Waals surface area (Å²) in [4.78, 5) is 37.0. The van der Waals surface area contributed by atoms with Crippen molar-refractivity contribution in [1.82, 2.24) is 10.0 Å². The summed E-state index contributed by atoms with van der Waals surface area (Å²) >= 11 is 0. The van der Waals surface area contributed by atoms with E-state index in [2.05, 4.69) is 0 Å². The number of esters is 1. The molecule has 0 aliphatic carbocycles. The van der Waals surface area contributed by atoms with E-state index in [1.165, 1.54) is 13.2 Å². The summed E-state index contributed by atoms with van der Waals surface area (Å²) in [5.41, 5.74) is -1.54. The molecule has 0 saturated heterocycles. The van der Waals surface area contributed by atoms with E-state index in [1.807, 2.05) is 0 Å². The van der Waals surface area contributed by atoms with E-state index in [-0.39, 0.29) is 6.54 Å². The fourth-order valence-electron chi connectivity index (χ4n) is 1.91. The number of carbonyl (C=O) groups excluding carboxylic acids is 3. The van der Waals surface area contributed by atoms with Crippen LogP contribution in [0.5, 0.6) is 0 Å². The molecule has 1 rings (SSSR count). The first-order chi connectivity index (χ1) is 10.9. The average Bonchev–Trinajstić information content (AvgIpc) is 2.41. The molecule has 0 aromatic carbocycles. The largest absolute Gasteiger partial charge is 0.467 e. The van der Waals surface area contributed by atoms with Crippen LogP contribution in [-0.4, -0.2) is 59.1 Å². The van der Waals surface area contributed by atoms with Crippen molar-refractivity contribution < 1.29 is 28.6 Å². The number of methoxy groups -OCH3 is 1. The van der Waals surface area contributed by atoms with Crippen molar-refractivity contribution in [1.29, 1.82) is 0 Å². The summed E-state index contributed by atoms with van der Waals surface area (Å²) < 4.78 is 15.3. The Bertz CT molecular complexity index is 530. The molecule has 1 heterocycles. The third-order valence-corrected chi connectivity index (χ3v) is 2.75. The lowest BCUT2D eigenvalue weighted by Crippen LogP contribution is -2.60. The highest BCUT2D eigenvalue weighted by Gasteiger charge is 2.41. The van der Waals surface area contributed by atoms with Gasteiger partial charge in [-0.05, 0) is 41.5 Å². The zero-order valence-corrected chi connectivity index (χ0v) is 15.3. The molecule has 136 valence electrons. The first kappa shape index (κ1) is 19.8. The summed E-state index contributed by atoms with van der Waals surface area (Å²) in [5.74, 6) is -0.689. The van der Waals surface area contributed by atoms with Crippen molar-refractivity contribution in [3.63, 3.8) is 0 Å². The smallest absolute Gasteiger partial charge is 0.430 e. The van der Waals surface area contributed by atoms with E-state index in [9.17, 15) is 14.4 Å². The molecule has 8 nitrogen and oxygen atoms in total. The summed E-state index contributed by atoms with van der Waals surface area (Å²) in [5, 5.41) is 1.95. The van der Waals surface area contributed by atoms with Gasteiger partial charge < -0.3 is 14.2 Å². The van der Waals surface area contributed by atoms with Gasteiger partial charge in [-0.2, -0.15) is 5.01 Å². The van der Waals surface area contributed by atoms with Crippen molar-refractivity contribution in [3.8, 4) is 0 Å². The van der Waals surface area contributed by atoms with Gasteiger partial charge in [-0.25, -0.2) is 19.4 Å². The highest BCUT2D eigenvalue weighted by atomic mass is 16.6. The first-order valence-corrected chi connectivity index (χ1v) is 7.63. The van der Waals surface area contributed by atoms with Crippen LogP contribution in [0.15, 0.2) is 12.2 Å². The standard InChI is InChI=1S/C16H26N2O6/c1-15(2,3)23-13(20)17-10-8-9-11(12(19)22-7)18(17)14(21)24-16(4,5)6/h8-9,11H,10H2,1-7H3/t11-/m0/s1. The normalized spacial score (nSPS) is 18.2. The van der Waals surface area contributed by atoms with Crippen LogP contribution in [0, 0.1) is 0 Å². The SMILES string of the molecule is COC(=O)[C@@H]1C=CCN(C(=O)OC(C)(C)C)N1C(=O)OC(C)(C)C. The van der Waals surface area contributed by atoms with Crippen LogP contribution < -0.4 is 0 Å². The van der Waals surface area contributed by atoms with Crippen molar-refractivity contribution in [2.75, 3.05) is 13.7 Å². The van der Waals surface area contributed by atoms with Gasteiger partial charge in [0.1, 0.15) is 11.2 Å². The Morgan fingerprint density at radius 1 is 0.958 bits per heavy atom. The highest BCUT2D eigenvalue weighted by Crippen LogP contribution is 2.21. The van der Waals surface area contributed by atoms with Crippen molar-refractivity contribution in [2.45, 2.75) is 58.8 Å². The number of nitrogens with zero attached hydrogens (tertiary/aromatic N) is 2. The molecule has 0 saturated carbocycles. The zero-order valence-electron chi connectivity index (χ0n) is 15.3. The quantitative estimate of drug-likeness (QED) is 0.413. The highest BCUT2D eigenvalue weighted by molar-refractivity contribution is 5.85. The number of rotatable bonds is 1. The van der Waals surface area contributed by atoms with Gasteiger partial charge in [0, 0.05) is 0 Å². The lowest BCUT2D eigenvalue weighted by molar-refractivity contribution is -0.151. The molecule has 0 N–H and O–H groups in total. The number of hydrogen-bond donors (Lipinski definition) is 0. The van der Waals surface area contributed by atoms with Crippen LogP contribution in [0.4, 0.5) is 9.59 Å². The number of hydrazine groups is 1. The van der Waals surface area contributed by atoms with Crippen molar-refractivity contribution in [2.24, 2.45) is 0 Å². The van der Waals surface area contributed by atoms with E-state index in [0.717, 1.165) is 10.0 Å². The van der Waals surface area contributed by atoms with E-state index < -0.39 is 35.4 Å². The van der Waals surface area contributed by atoms with Crippen molar-refractivity contribution >= 4 is 18.2 Å². The average molecular weight is 342 g/mol.